The summed E-state index contributed by atoms with van der Waals surface area (Å²) >= 11 is 10.6. The Labute approximate surface area is 123 Å². The van der Waals surface area contributed by atoms with E-state index >= 15 is 0 Å². The fourth-order valence-corrected chi connectivity index (χ4v) is 3.18. The second kappa shape index (κ2) is 5.87. The zero-order chi connectivity index (χ0) is 13.1. The van der Waals surface area contributed by atoms with Gasteiger partial charge in [-0.15, -0.1) is 11.3 Å². The van der Waals surface area contributed by atoms with Gasteiger partial charge in [0.25, 0.3) is 0 Å². The molecule has 0 saturated carbocycles. The van der Waals surface area contributed by atoms with E-state index < -0.39 is 0 Å². The van der Waals surface area contributed by atoms with Crippen LogP contribution < -0.4 is 4.74 Å². The number of ether oxygens (including phenoxy) is 1. The monoisotopic (exact) mass is 344 g/mol. The Kier molecular flexibility index (Phi) is 4.43. The number of rotatable bonds is 4. The van der Waals surface area contributed by atoms with E-state index in [1.54, 1.807) is 18.2 Å². The lowest BCUT2D eigenvalue weighted by atomic mass is 10.1. The number of halogens is 2. The Morgan fingerprint density at radius 1 is 1.44 bits per heavy atom. The minimum atomic E-state index is -0.0725. The minimum absolute atomic E-state index is 0.0725. The Bertz CT molecular complexity index is 561. The third-order valence-electron chi connectivity index (χ3n) is 2.30. The van der Waals surface area contributed by atoms with Crippen LogP contribution in [-0.2, 0) is 0 Å². The van der Waals surface area contributed by atoms with Crippen molar-refractivity contribution in [3.05, 3.63) is 49.6 Å². The van der Waals surface area contributed by atoms with Gasteiger partial charge in [0.05, 0.1) is 25.9 Å². The third kappa shape index (κ3) is 2.76. The first-order chi connectivity index (χ1) is 8.63. The fourth-order valence-electron chi connectivity index (χ4n) is 1.53. The molecule has 2 nitrogen and oxygen atoms in total. The molecule has 0 fully saturated rings. The van der Waals surface area contributed by atoms with Crippen LogP contribution in [0.3, 0.4) is 0 Å². The van der Waals surface area contributed by atoms with E-state index in [9.17, 15) is 4.79 Å². The van der Waals surface area contributed by atoms with Crippen LogP contribution in [0, 0.1) is 0 Å². The van der Waals surface area contributed by atoms with Gasteiger partial charge >= 0.3 is 0 Å². The van der Waals surface area contributed by atoms with Crippen LogP contribution in [-0.4, -0.2) is 12.4 Å². The summed E-state index contributed by atoms with van der Waals surface area (Å²) in [5.41, 5.74) is 0.560. The van der Waals surface area contributed by atoms with Crippen molar-refractivity contribution >= 4 is 44.7 Å². The average Bonchev–Trinajstić information content (AvgIpc) is 2.70. The number of hydrogen-bond acceptors (Lipinski definition) is 3. The van der Waals surface area contributed by atoms with Crippen molar-refractivity contribution in [2.24, 2.45) is 0 Å². The van der Waals surface area contributed by atoms with Crippen LogP contribution in [0.5, 0.6) is 5.75 Å². The quantitative estimate of drug-likeness (QED) is 0.744. The Morgan fingerprint density at radius 2 is 2.17 bits per heavy atom. The van der Waals surface area contributed by atoms with Gasteiger partial charge in [-0.1, -0.05) is 23.7 Å². The summed E-state index contributed by atoms with van der Waals surface area (Å²) in [6, 6.07) is 8.89. The Morgan fingerprint density at radius 3 is 2.78 bits per heavy atom. The summed E-state index contributed by atoms with van der Waals surface area (Å²) in [4.78, 5) is 13.0. The normalized spacial score (nSPS) is 10.4. The lowest BCUT2D eigenvalue weighted by Gasteiger charge is -2.07. The molecule has 2 rings (SSSR count). The molecule has 0 bridgehead atoms. The molecular formula is C13H10BrClO2S. The summed E-state index contributed by atoms with van der Waals surface area (Å²) in [5, 5.41) is 0.553. The topological polar surface area (TPSA) is 26.3 Å². The minimum Gasteiger partial charge on any atom is -0.493 e. The maximum absolute atomic E-state index is 12.4. The molecule has 0 aliphatic heterocycles. The molecule has 5 heteroatoms. The summed E-state index contributed by atoms with van der Waals surface area (Å²) in [5.74, 6) is 0.530. The molecule has 0 unspecified atom stereocenters. The van der Waals surface area contributed by atoms with Crippen molar-refractivity contribution in [1.29, 1.82) is 0 Å². The summed E-state index contributed by atoms with van der Waals surface area (Å²) in [7, 11) is 0. The number of ketones is 1. The first-order valence-corrected chi connectivity index (χ1v) is 7.33. The number of para-hydroxylation sites is 1. The van der Waals surface area contributed by atoms with Gasteiger partial charge in [0.15, 0.2) is 0 Å². The maximum atomic E-state index is 12.4. The van der Waals surface area contributed by atoms with Gasteiger partial charge in [-0.25, -0.2) is 0 Å². The first-order valence-electron chi connectivity index (χ1n) is 5.34. The molecule has 0 atom stereocenters. The molecular weight excluding hydrogens is 336 g/mol. The predicted molar refractivity (Wildman–Crippen MR) is 78.1 cm³/mol. The van der Waals surface area contributed by atoms with E-state index in [2.05, 4.69) is 15.9 Å². The van der Waals surface area contributed by atoms with Crippen LogP contribution in [0.15, 0.2) is 34.1 Å². The molecule has 0 aliphatic rings. The van der Waals surface area contributed by atoms with Crippen molar-refractivity contribution in [2.45, 2.75) is 6.92 Å². The van der Waals surface area contributed by atoms with Crippen LogP contribution in [0.2, 0.25) is 5.02 Å². The van der Waals surface area contributed by atoms with Crippen molar-refractivity contribution in [3.8, 4) is 5.75 Å². The first kappa shape index (κ1) is 13.6. The van der Waals surface area contributed by atoms with Crippen molar-refractivity contribution < 1.29 is 9.53 Å². The van der Waals surface area contributed by atoms with Crippen LogP contribution in [0.4, 0.5) is 0 Å². The number of hydrogen-bond donors (Lipinski definition) is 0. The van der Waals surface area contributed by atoms with Crippen LogP contribution >= 0.6 is 38.9 Å². The second-order valence-electron chi connectivity index (χ2n) is 3.49. The number of thiophene rings is 1. The van der Waals surface area contributed by atoms with E-state index in [4.69, 9.17) is 16.3 Å². The van der Waals surface area contributed by atoms with Gasteiger partial charge < -0.3 is 4.74 Å². The van der Waals surface area contributed by atoms with E-state index in [0.717, 1.165) is 3.79 Å². The number of carbonyl (C=O) groups excluding carboxylic acids is 1. The number of benzene rings is 1. The second-order valence-corrected chi connectivity index (χ2v) is 6.27. The third-order valence-corrected chi connectivity index (χ3v) is 4.77. The zero-order valence-electron chi connectivity index (χ0n) is 9.57. The smallest absolute Gasteiger partial charge is 0.206 e. The highest BCUT2D eigenvalue weighted by Gasteiger charge is 2.17. The highest BCUT2D eigenvalue weighted by Crippen LogP contribution is 2.34. The molecule has 0 amide bonds. The van der Waals surface area contributed by atoms with Crippen LogP contribution in [0.1, 0.15) is 22.2 Å². The Balaban J connectivity index is 2.39. The molecule has 18 heavy (non-hydrogen) atoms. The fraction of sp³-hybridized carbons (Fsp3) is 0.154. The lowest BCUT2D eigenvalue weighted by Crippen LogP contribution is -2.03. The van der Waals surface area contributed by atoms with Gasteiger partial charge in [-0.05, 0) is 41.1 Å². The molecule has 0 saturated heterocycles. The summed E-state index contributed by atoms with van der Waals surface area (Å²) in [6.07, 6.45) is 0. The average molecular weight is 346 g/mol. The molecule has 0 radical (unpaired) electrons. The van der Waals surface area contributed by atoms with Crippen LogP contribution in [0.25, 0.3) is 0 Å². The largest absolute Gasteiger partial charge is 0.493 e. The summed E-state index contributed by atoms with van der Waals surface area (Å²) < 4.78 is 6.22. The van der Waals surface area contributed by atoms with E-state index in [0.29, 0.717) is 27.8 Å². The molecule has 1 aromatic heterocycles. The molecule has 0 aliphatic carbocycles. The highest BCUT2D eigenvalue weighted by atomic mass is 79.9. The molecule has 1 heterocycles. The van der Waals surface area contributed by atoms with E-state index in [1.165, 1.54) is 11.3 Å². The molecule has 2 aromatic rings. The SMILES string of the molecule is CCOc1ccccc1C(=O)c1cc(Cl)c(Br)s1. The van der Waals surface area contributed by atoms with Crippen molar-refractivity contribution in [1.82, 2.24) is 0 Å². The molecule has 0 N–H and O–H groups in total. The maximum Gasteiger partial charge on any atom is 0.206 e. The highest BCUT2D eigenvalue weighted by molar-refractivity contribution is 9.11. The number of carbonyl (C=O) groups is 1. The van der Waals surface area contributed by atoms with Gasteiger partial charge in [0.1, 0.15) is 5.75 Å². The lowest BCUT2D eigenvalue weighted by molar-refractivity contribution is 0.103. The standard InChI is InChI=1S/C13H10BrClO2S/c1-2-17-10-6-4-3-5-8(10)12(16)11-7-9(15)13(14)18-11/h3-7H,2H2,1H3. The molecule has 94 valence electrons. The van der Waals surface area contributed by atoms with Gasteiger partial charge in [0, 0.05) is 0 Å². The van der Waals surface area contributed by atoms with Gasteiger partial charge in [0.2, 0.25) is 5.78 Å². The van der Waals surface area contributed by atoms with Gasteiger partial charge in [-0.3, -0.25) is 4.79 Å². The molecule has 0 spiro atoms. The van der Waals surface area contributed by atoms with E-state index in [-0.39, 0.29) is 5.78 Å². The van der Waals surface area contributed by atoms with Crippen molar-refractivity contribution in [2.75, 3.05) is 6.61 Å². The van der Waals surface area contributed by atoms with E-state index in [1.807, 2.05) is 19.1 Å². The van der Waals surface area contributed by atoms with Gasteiger partial charge in [-0.2, -0.15) is 0 Å². The zero-order valence-corrected chi connectivity index (χ0v) is 12.7. The molecule has 1 aromatic carbocycles. The Hall–Kier alpha value is -0.840. The van der Waals surface area contributed by atoms with Crippen molar-refractivity contribution in [3.63, 3.8) is 0 Å². The predicted octanol–water partition coefficient (Wildman–Crippen LogP) is 4.79. The summed E-state index contributed by atoms with van der Waals surface area (Å²) in [6.45, 7) is 2.42.